The minimum absolute atomic E-state index is 0.0658. The minimum Gasteiger partial charge on any atom is -0.350 e. The molecule has 3 nitrogen and oxygen atoms in total. The summed E-state index contributed by atoms with van der Waals surface area (Å²) in [5.41, 5.74) is 3.96. The third-order valence-electron chi connectivity index (χ3n) is 3.06. The van der Waals surface area contributed by atoms with Gasteiger partial charge in [0.15, 0.2) is 0 Å². The maximum atomic E-state index is 12.0. The van der Waals surface area contributed by atoms with E-state index >= 15 is 0 Å². The molecule has 0 radical (unpaired) electrons. The molecular weight excluding hydrogens is 256 g/mol. The van der Waals surface area contributed by atoms with Crippen molar-refractivity contribution in [3.63, 3.8) is 0 Å². The Kier molecular flexibility index (Phi) is 3.09. The van der Waals surface area contributed by atoms with E-state index in [2.05, 4.69) is 10.3 Å². The lowest BCUT2D eigenvalue weighted by atomic mass is 10.1. The van der Waals surface area contributed by atoms with Crippen LogP contribution in [0.3, 0.4) is 0 Å². The number of nitrogens with one attached hydrogen (secondary N) is 2. The van der Waals surface area contributed by atoms with Crippen LogP contribution < -0.4 is 5.32 Å². The Morgan fingerprint density at radius 3 is 2.79 bits per heavy atom. The molecule has 0 atom stereocenters. The predicted octanol–water partition coefficient (Wildman–Crippen LogP) is 3.47. The number of aromatic nitrogens is 1. The van der Waals surface area contributed by atoms with Gasteiger partial charge in [-0.3, -0.25) is 4.79 Å². The zero-order chi connectivity index (χ0) is 13.2. The number of carbonyl (C=O) groups excluding carboxylic acids is 1. The molecule has 2 aromatic heterocycles. The van der Waals surface area contributed by atoms with Crippen LogP contribution in [0.5, 0.6) is 0 Å². The molecule has 0 aliphatic carbocycles. The highest BCUT2D eigenvalue weighted by Crippen LogP contribution is 2.21. The second-order valence-electron chi connectivity index (χ2n) is 4.55. The molecular formula is C15H14N2OS. The first-order chi connectivity index (χ1) is 9.22. The zero-order valence-electron chi connectivity index (χ0n) is 10.6. The molecule has 1 aromatic carbocycles. The molecule has 0 spiro atoms. The first-order valence-electron chi connectivity index (χ1n) is 6.12. The molecule has 0 aliphatic heterocycles. The van der Waals surface area contributed by atoms with Crippen LogP contribution in [0.4, 0.5) is 0 Å². The van der Waals surface area contributed by atoms with E-state index in [0.717, 1.165) is 15.8 Å². The van der Waals surface area contributed by atoms with Crippen molar-refractivity contribution in [2.75, 3.05) is 0 Å². The van der Waals surface area contributed by atoms with Crippen molar-refractivity contribution in [2.45, 2.75) is 13.5 Å². The maximum absolute atomic E-state index is 12.0. The van der Waals surface area contributed by atoms with Gasteiger partial charge in [-0.05, 0) is 30.0 Å². The fourth-order valence-electron chi connectivity index (χ4n) is 1.95. The van der Waals surface area contributed by atoms with E-state index in [1.165, 1.54) is 5.56 Å². The highest BCUT2D eigenvalue weighted by Gasteiger charge is 2.09. The number of aromatic amines is 1. The van der Waals surface area contributed by atoms with Crippen molar-refractivity contribution in [1.82, 2.24) is 10.3 Å². The molecule has 0 bridgehead atoms. The summed E-state index contributed by atoms with van der Waals surface area (Å²) in [7, 11) is 0. The Labute approximate surface area is 115 Å². The molecule has 0 saturated heterocycles. The highest BCUT2D eigenvalue weighted by atomic mass is 32.1. The molecule has 0 saturated carbocycles. The van der Waals surface area contributed by atoms with Crippen LogP contribution in [0.25, 0.3) is 10.2 Å². The Bertz CT molecular complexity index is 681. The maximum Gasteiger partial charge on any atom is 0.268 e. The van der Waals surface area contributed by atoms with Gasteiger partial charge in [-0.2, -0.15) is 0 Å². The van der Waals surface area contributed by atoms with Crippen LogP contribution in [-0.2, 0) is 6.54 Å². The number of hydrogen-bond donors (Lipinski definition) is 2. The molecule has 0 unspecified atom stereocenters. The lowest BCUT2D eigenvalue weighted by Crippen LogP contribution is -2.23. The number of rotatable bonds is 3. The zero-order valence-corrected chi connectivity index (χ0v) is 11.4. The lowest BCUT2D eigenvalue weighted by molar-refractivity contribution is 0.0947. The van der Waals surface area contributed by atoms with Gasteiger partial charge in [-0.25, -0.2) is 0 Å². The van der Waals surface area contributed by atoms with E-state index in [0.29, 0.717) is 12.2 Å². The molecule has 4 heteroatoms. The van der Waals surface area contributed by atoms with Crippen LogP contribution >= 0.6 is 11.3 Å². The largest absolute Gasteiger partial charge is 0.350 e. The van der Waals surface area contributed by atoms with Gasteiger partial charge < -0.3 is 10.3 Å². The molecule has 1 amide bonds. The first-order valence-corrected chi connectivity index (χ1v) is 7.00. The summed E-state index contributed by atoms with van der Waals surface area (Å²) in [5, 5.41) is 4.93. The summed E-state index contributed by atoms with van der Waals surface area (Å²) >= 11 is 1.63. The van der Waals surface area contributed by atoms with E-state index in [1.54, 1.807) is 11.3 Å². The third-order valence-corrected chi connectivity index (χ3v) is 3.92. The summed E-state index contributed by atoms with van der Waals surface area (Å²) in [6, 6.07) is 12.0. The summed E-state index contributed by atoms with van der Waals surface area (Å²) in [6.07, 6.45) is 0. The normalized spacial score (nSPS) is 10.8. The Morgan fingerprint density at radius 1 is 1.26 bits per heavy atom. The molecule has 0 fully saturated rings. The summed E-state index contributed by atoms with van der Waals surface area (Å²) in [4.78, 5) is 15.1. The molecule has 3 aromatic rings. The highest BCUT2D eigenvalue weighted by molar-refractivity contribution is 7.17. The molecule has 3 rings (SSSR count). The Hall–Kier alpha value is -2.07. The van der Waals surface area contributed by atoms with Crippen molar-refractivity contribution >= 4 is 27.5 Å². The van der Waals surface area contributed by atoms with E-state index in [4.69, 9.17) is 0 Å². The molecule has 2 N–H and O–H groups in total. The van der Waals surface area contributed by atoms with Crippen molar-refractivity contribution in [1.29, 1.82) is 0 Å². The van der Waals surface area contributed by atoms with Crippen molar-refractivity contribution in [3.05, 3.63) is 58.6 Å². The van der Waals surface area contributed by atoms with Gasteiger partial charge >= 0.3 is 0 Å². The van der Waals surface area contributed by atoms with Crippen molar-refractivity contribution < 1.29 is 4.79 Å². The van der Waals surface area contributed by atoms with Gasteiger partial charge in [0.2, 0.25) is 0 Å². The predicted molar refractivity (Wildman–Crippen MR) is 78.5 cm³/mol. The SMILES string of the molecule is Cc1ccc(CNC(=O)c2cc3sccc3[nH]2)cc1. The van der Waals surface area contributed by atoms with Gasteiger partial charge in [0, 0.05) is 6.54 Å². The van der Waals surface area contributed by atoms with Gasteiger partial charge in [-0.1, -0.05) is 29.8 Å². The number of fused-ring (bicyclic) bond motifs is 1. The van der Waals surface area contributed by atoms with E-state index < -0.39 is 0 Å². The Morgan fingerprint density at radius 2 is 2.05 bits per heavy atom. The van der Waals surface area contributed by atoms with E-state index in [9.17, 15) is 4.79 Å². The molecule has 19 heavy (non-hydrogen) atoms. The summed E-state index contributed by atoms with van der Waals surface area (Å²) in [6.45, 7) is 2.60. The van der Waals surface area contributed by atoms with Crippen molar-refractivity contribution in [3.8, 4) is 0 Å². The smallest absolute Gasteiger partial charge is 0.268 e. The molecule has 96 valence electrons. The van der Waals surface area contributed by atoms with Gasteiger partial charge in [0.05, 0.1) is 10.2 Å². The second kappa shape index (κ2) is 4.90. The number of H-pyrrole nitrogens is 1. The minimum atomic E-state index is -0.0658. The molecule has 0 aliphatic rings. The lowest BCUT2D eigenvalue weighted by Gasteiger charge is -2.04. The fourth-order valence-corrected chi connectivity index (χ4v) is 2.74. The average molecular weight is 270 g/mol. The average Bonchev–Trinajstić information content (AvgIpc) is 2.98. The van der Waals surface area contributed by atoms with Gasteiger partial charge in [0.25, 0.3) is 5.91 Å². The van der Waals surface area contributed by atoms with Crippen LogP contribution in [-0.4, -0.2) is 10.9 Å². The third kappa shape index (κ3) is 2.53. The molecule has 2 heterocycles. The number of hydrogen-bond acceptors (Lipinski definition) is 2. The number of aryl methyl sites for hydroxylation is 1. The van der Waals surface area contributed by atoms with Crippen molar-refractivity contribution in [2.24, 2.45) is 0 Å². The topological polar surface area (TPSA) is 44.9 Å². The van der Waals surface area contributed by atoms with Crippen LogP contribution in [0.15, 0.2) is 41.8 Å². The van der Waals surface area contributed by atoms with E-state index in [-0.39, 0.29) is 5.91 Å². The number of benzene rings is 1. The number of carbonyl (C=O) groups is 1. The van der Waals surface area contributed by atoms with Crippen LogP contribution in [0.2, 0.25) is 0 Å². The van der Waals surface area contributed by atoms with Crippen LogP contribution in [0.1, 0.15) is 21.6 Å². The quantitative estimate of drug-likeness (QED) is 0.752. The van der Waals surface area contributed by atoms with E-state index in [1.807, 2.05) is 48.7 Å². The monoisotopic (exact) mass is 270 g/mol. The summed E-state index contributed by atoms with van der Waals surface area (Å²) in [5.74, 6) is -0.0658. The number of amides is 1. The number of thiophene rings is 1. The van der Waals surface area contributed by atoms with Gasteiger partial charge in [-0.15, -0.1) is 11.3 Å². The first kappa shape index (κ1) is 12.0. The fraction of sp³-hybridized carbons (Fsp3) is 0.133. The Balaban J connectivity index is 1.68. The second-order valence-corrected chi connectivity index (χ2v) is 5.50. The van der Waals surface area contributed by atoms with Gasteiger partial charge in [0.1, 0.15) is 5.69 Å². The van der Waals surface area contributed by atoms with Crippen LogP contribution in [0, 0.1) is 6.92 Å². The standard InChI is InChI=1S/C15H14N2OS/c1-10-2-4-11(5-3-10)9-16-15(18)13-8-14-12(17-13)6-7-19-14/h2-8,17H,9H2,1H3,(H,16,18). The summed E-state index contributed by atoms with van der Waals surface area (Å²) < 4.78 is 1.11.